The molecule has 16 heavy (non-hydrogen) atoms. The van der Waals surface area contributed by atoms with Crippen LogP contribution in [0, 0.1) is 0 Å². The van der Waals surface area contributed by atoms with E-state index in [1.807, 2.05) is 12.1 Å². The van der Waals surface area contributed by atoms with E-state index in [-0.39, 0.29) is 0 Å². The maximum absolute atomic E-state index is 2.41. The maximum Gasteiger partial charge on any atom is -0.0184 e. The summed E-state index contributed by atoms with van der Waals surface area (Å²) in [6.07, 6.45) is 0. The van der Waals surface area contributed by atoms with Crippen LogP contribution in [-0.2, 0) is 0 Å². The molecule has 0 atom stereocenters. The molecular formula is C14H16IP. The van der Waals surface area contributed by atoms with Crippen molar-refractivity contribution in [2.75, 3.05) is 13.3 Å². The quantitative estimate of drug-likeness (QED) is 0.479. The third kappa shape index (κ3) is 5.62. The normalized spacial score (nSPS) is 9.50. The first-order valence-corrected chi connectivity index (χ1v) is 10.2. The van der Waals surface area contributed by atoms with Crippen LogP contribution in [0.1, 0.15) is 0 Å². The molecule has 2 rings (SSSR count). The smallest absolute Gasteiger partial charge is 0.0184 e. The molecule has 0 saturated heterocycles. The largest absolute Gasteiger partial charge is 0.0622 e. The molecule has 0 aliphatic rings. The topological polar surface area (TPSA) is 0 Å². The molecule has 2 heteroatoms. The predicted octanol–water partition coefficient (Wildman–Crippen LogP) is 5.43. The molecule has 0 saturated carbocycles. The Balaban J connectivity index is 0.000000280. The summed E-state index contributed by atoms with van der Waals surface area (Å²) in [7, 11) is 0. The van der Waals surface area contributed by atoms with Gasteiger partial charge >= 0.3 is 0 Å². The van der Waals surface area contributed by atoms with Gasteiger partial charge in [-0.15, -0.1) is 0 Å². The molecule has 2 aromatic rings. The molecule has 0 N–H and O–H groups in total. The van der Waals surface area contributed by atoms with Gasteiger partial charge in [-0.2, -0.15) is 0 Å². The second-order valence-electron chi connectivity index (χ2n) is 3.52. The van der Waals surface area contributed by atoms with Crippen LogP contribution in [0.15, 0.2) is 60.7 Å². The highest BCUT2D eigenvalue weighted by molar-refractivity contribution is 14.2. The molecule has 0 unspecified atom stereocenters. The molecule has 0 bridgehead atoms. The highest BCUT2D eigenvalue weighted by atomic mass is 127. The van der Waals surface area contributed by atoms with Gasteiger partial charge in [0.15, 0.2) is 0 Å². The average Bonchev–Trinajstić information content (AvgIpc) is 2.31. The number of hydrogen-bond donors (Lipinski definition) is 0. The van der Waals surface area contributed by atoms with Crippen molar-refractivity contribution in [3.8, 4) is 11.1 Å². The van der Waals surface area contributed by atoms with Crippen LogP contribution in [-0.4, -0.2) is 13.3 Å². The Bertz CT molecular complexity index is 344. The Hall–Kier alpha value is -0.400. The van der Waals surface area contributed by atoms with E-state index in [9.17, 15) is 0 Å². The summed E-state index contributed by atoms with van der Waals surface area (Å²) in [5.74, 6) is 0. The molecule has 0 radical (unpaired) electrons. The number of hydrogen-bond acceptors (Lipinski definition) is 0. The third-order valence-corrected chi connectivity index (χ3v) is 1.88. The van der Waals surface area contributed by atoms with Crippen molar-refractivity contribution in [1.29, 1.82) is 0 Å². The standard InChI is InChI=1S/C12H10.C2H6IP/c1-3-7-11(8-4-1)12-9-5-2-6-10-12;1-4(2)3/h1-10H;1-2H3. The Morgan fingerprint density at radius 2 is 0.938 bits per heavy atom. The van der Waals surface area contributed by atoms with E-state index < -0.39 is 0 Å². The van der Waals surface area contributed by atoms with Gasteiger partial charge in [0.2, 0.25) is 0 Å². The Kier molecular flexibility index (Phi) is 6.67. The van der Waals surface area contributed by atoms with E-state index >= 15 is 0 Å². The lowest BCUT2D eigenvalue weighted by atomic mass is 10.1. The van der Waals surface area contributed by atoms with Crippen molar-refractivity contribution >= 4 is 27.6 Å². The Morgan fingerprint density at radius 3 is 1.19 bits per heavy atom. The SMILES string of the molecule is CP(C)I.c1ccc(-c2ccccc2)cc1. The summed E-state index contributed by atoms with van der Waals surface area (Å²) in [5, 5.41) is 0. The van der Waals surface area contributed by atoms with Gasteiger partial charge in [0.05, 0.1) is 0 Å². The van der Waals surface area contributed by atoms with Gasteiger partial charge in [0.1, 0.15) is 0 Å². The third-order valence-electron chi connectivity index (χ3n) is 1.88. The minimum atomic E-state index is 0.350. The lowest BCUT2D eigenvalue weighted by molar-refractivity contribution is 1.62. The lowest BCUT2D eigenvalue weighted by Crippen LogP contribution is -1.73. The van der Waals surface area contributed by atoms with Crippen molar-refractivity contribution in [3.05, 3.63) is 60.7 Å². The Morgan fingerprint density at radius 1 is 0.688 bits per heavy atom. The summed E-state index contributed by atoms with van der Waals surface area (Å²) in [6.45, 7) is 4.44. The molecule has 0 aliphatic heterocycles. The zero-order valence-corrected chi connectivity index (χ0v) is 12.7. The van der Waals surface area contributed by atoms with Crippen LogP contribution < -0.4 is 0 Å². The first kappa shape index (κ1) is 13.7. The van der Waals surface area contributed by atoms with Gasteiger partial charge < -0.3 is 0 Å². The van der Waals surface area contributed by atoms with Crippen molar-refractivity contribution < 1.29 is 0 Å². The van der Waals surface area contributed by atoms with Crippen molar-refractivity contribution in [1.82, 2.24) is 0 Å². The highest BCUT2D eigenvalue weighted by Crippen LogP contribution is 2.34. The molecule has 0 fully saturated rings. The van der Waals surface area contributed by atoms with E-state index in [0.717, 1.165) is 0 Å². The van der Waals surface area contributed by atoms with Crippen molar-refractivity contribution in [3.63, 3.8) is 0 Å². The van der Waals surface area contributed by atoms with Crippen LogP contribution in [0.5, 0.6) is 0 Å². The first-order valence-electron chi connectivity index (χ1n) is 5.13. The van der Waals surface area contributed by atoms with Gasteiger partial charge in [0.25, 0.3) is 0 Å². The van der Waals surface area contributed by atoms with Crippen LogP contribution in [0.4, 0.5) is 0 Å². The van der Waals surface area contributed by atoms with Crippen molar-refractivity contribution in [2.45, 2.75) is 0 Å². The van der Waals surface area contributed by atoms with Crippen LogP contribution in [0.3, 0.4) is 0 Å². The van der Waals surface area contributed by atoms with E-state index in [4.69, 9.17) is 0 Å². The fourth-order valence-electron chi connectivity index (χ4n) is 1.26. The second kappa shape index (κ2) is 7.81. The van der Waals surface area contributed by atoms with Gasteiger partial charge in [-0.05, 0) is 30.0 Å². The minimum Gasteiger partial charge on any atom is -0.0622 e. The van der Waals surface area contributed by atoms with Crippen LogP contribution >= 0.6 is 27.6 Å². The van der Waals surface area contributed by atoms with Crippen LogP contribution in [0.25, 0.3) is 11.1 Å². The number of halogens is 1. The lowest BCUT2D eigenvalue weighted by Gasteiger charge is -1.98. The van der Waals surface area contributed by atoms with Gasteiger partial charge in [0, 0.05) is 0 Å². The molecule has 84 valence electrons. The van der Waals surface area contributed by atoms with Gasteiger partial charge in [-0.25, -0.2) is 0 Å². The highest BCUT2D eigenvalue weighted by Gasteiger charge is 1.91. The summed E-state index contributed by atoms with van der Waals surface area (Å²) < 4.78 is 0. The van der Waals surface area contributed by atoms with E-state index in [1.165, 1.54) is 11.1 Å². The van der Waals surface area contributed by atoms with E-state index in [2.05, 4.69) is 83.9 Å². The number of rotatable bonds is 1. The van der Waals surface area contributed by atoms with Crippen LogP contribution in [0.2, 0.25) is 0 Å². The van der Waals surface area contributed by atoms with E-state index in [0.29, 0.717) is 5.56 Å². The molecular weight excluding hydrogens is 326 g/mol. The Labute approximate surface area is 112 Å². The summed E-state index contributed by atoms with van der Waals surface area (Å²) in [5.41, 5.74) is 2.90. The molecule has 2 aromatic carbocycles. The summed E-state index contributed by atoms with van der Waals surface area (Å²) in [4.78, 5) is 0. The molecule has 0 nitrogen and oxygen atoms in total. The molecule has 0 amide bonds. The fourth-order valence-corrected chi connectivity index (χ4v) is 1.26. The van der Waals surface area contributed by atoms with E-state index in [1.54, 1.807) is 0 Å². The average molecular weight is 342 g/mol. The fraction of sp³-hybridized carbons (Fsp3) is 0.143. The second-order valence-corrected chi connectivity index (χ2v) is 10.9. The summed E-state index contributed by atoms with van der Waals surface area (Å²) in [6, 6.07) is 20.8. The predicted molar refractivity (Wildman–Crippen MR) is 84.7 cm³/mol. The summed E-state index contributed by atoms with van der Waals surface area (Å²) >= 11 is 2.41. The molecule has 0 heterocycles. The number of benzene rings is 2. The molecule has 0 aliphatic carbocycles. The zero-order valence-electron chi connectivity index (χ0n) is 9.60. The minimum absolute atomic E-state index is 0.350. The molecule has 0 aromatic heterocycles. The van der Waals surface area contributed by atoms with Gasteiger partial charge in [-0.1, -0.05) is 82.7 Å². The van der Waals surface area contributed by atoms with Crippen molar-refractivity contribution in [2.24, 2.45) is 0 Å². The zero-order chi connectivity index (χ0) is 11.8. The maximum atomic E-state index is 2.41. The monoisotopic (exact) mass is 342 g/mol. The first-order chi connectivity index (χ1) is 7.70. The van der Waals surface area contributed by atoms with Gasteiger partial charge in [-0.3, -0.25) is 0 Å². The molecule has 0 spiro atoms.